The van der Waals surface area contributed by atoms with Crippen molar-refractivity contribution in [3.05, 3.63) is 29.3 Å². The summed E-state index contributed by atoms with van der Waals surface area (Å²) in [6.45, 7) is 7.91. The van der Waals surface area contributed by atoms with Crippen molar-refractivity contribution in [3.63, 3.8) is 0 Å². The zero-order valence-electron chi connectivity index (χ0n) is 10.9. The van der Waals surface area contributed by atoms with E-state index in [9.17, 15) is 8.42 Å². The maximum atomic E-state index is 11.8. The zero-order chi connectivity index (χ0) is 13.1. The fraction of sp³-hybridized carbons (Fsp3) is 0.538. The van der Waals surface area contributed by atoms with Crippen LogP contribution in [0.3, 0.4) is 0 Å². The first-order valence-corrected chi connectivity index (χ1v) is 7.62. The Kier molecular flexibility index (Phi) is 4.57. The van der Waals surface area contributed by atoms with Crippen LogP contribution in [-0.2, 0) is 10.0 Å². The molecule has 0 aromatic heterocycles. The second kappa shape index (κ2) is 5.54. The number of hydrogen-bond acceptors (Lipinski definition) is 2. The van der Waals surface area contributed by atoms with Crippen LogP contribution in [0.25, 0.3) is 0 Å². The summed E-state index contributed by atoms with van der Waals surface area (Å²) in [4.78, 5) is 0. The van der Waals surface area contributed by atoms with Gasteiger partial charge in [0.25, 0.3) is 0 Å². The lowest BCUT2D eigenvalue weighted by Gasteiger charge is -2.17. The number of hydrogen-bond donors (Lipinski definition) is 1. The summed E-state index contributed by atoms with van der Waals surface area (Å²) in [5.41, 5.74) is 2.76. The van der Waals surface area contributed by atoms with E-state index < -0.39 is 10.0 Å². The van der Waals surface area contributed by atoms with Crippen LogP contribution in [0.1, 0.15) is 44.2 Å². The smallest absolute Gasteiger partial charge is 0.232 e. The average molecular weight is 255 g/mol. The van der Waals surface area contributed by atoms with Gasteiger partial charge in [-0.1, -0.05) is 39.0 Å². The second-order valence-electron chi connectivity index (χ2n) is 4.61. The number of benzene rings is 1. The molecule has 0 heterocycles. The van der Waals surface area contributed by atoms with Crippen molar-refractivity contribution in [2.45, 2.75) is 40.0 Å². The van der Waals surface area contributed by atoms with E-state index in [0.717, 1.165) is 16.8 Å². The van der Waals surface area contributed by atoms with Crippen LogP contribution < -0.4 is 4.72 Å². The number of para-hydroxylation sites is 1. The maximum Gasteiger partial charge on any atom is 0.232 e. The average Bonchev–Trinajstić information content (AvgIpc) is 2.20. The van der Waals surface area contributed by atoms with Crippen molar-refractivity contribution in [2.75, 3.05) is 10.5 Å². The predicted molar refractivity (Wildman–Crippen MR) is 73.0 cm³/mol. The molecule has 3 nitrogen and oxygen atoms in total. The van der Waals surface area contributed by atoms with Gasteiger partial charge in [-0.25, -0.2) is 8.42 Å². The lowest BCUT2D eigenvalue weighted by molar-refractivity contribution is 0.599. The van der Waals surface area contributed by atoms with E-state index in [-0.39, 0.29) is 5.75 Å². The highest BCUT2D eigenvalue weighted by Gasteiger charge is 2.15. The lowest BCUT2D eigenvalue weighted by atomic mass is 9.99. The molecule has 0 unspecified atom stereocenters. The van der Waals surface area contributed by atoms with Crippen molar-refractivity contribution in [2.24, 2.45) is 0 Å². The molecule has 0 aliphatic rings. The molecule has 96 valence electrons. The van der Waals surface area contributed by atoms with Crippen molar-refractivity contribution in [3.8, 4) is 0 Å². The first kappa shape index (κ1) is 14.0. The van der Waals surface area contributed by atoms with Crippen LogP contribution in [0.15, 0.2) is 18.2 Å². The van der Waals surface area contributed by atoms with Crippen LogP contribution in [0.5, 0.6) is 0 Å². The van der Waals surface area contributed by atoms with E-state index in [1.54, 1.807) is 0 Å². The van der Waals surface area contributed by atoms with E-state index in [2.05, 4.69) is 18.6 Å². The normalized spacial score (nSPS) is 11.8. The van der Waals surface area contributed by atoms with Crippen LogP contribution in [0.4, 0.5) is 5.69 Å². The molecule has 0 spiro atoms. The summed E-state index contributed by atoms with van der Waals surface area (Å²) in [5, 5.41) is 0. The first-order chi connectivity index (χ1) is 7.87. The maximum absolute atomic E-state index is 11.8. The summed E-state index contributed by atoms with van der Waals surface area (Å²) in [6, 6.07) is 5.86. The van der Waals surface area contributed by atoms with E-state index in [1.807, 2.05) is 32.0 Å². The molecule has 0 radical (unpaired) electrons. The summed E-state index contributed by atoms with van der Waals surface area (Å²) in [6.07, 6.45) is 0.623. The molecule has 0 saturated heterocycles. The van der Waals surface area contributed by atoms with E-state index >= 15 is 0 Å². The Morgan fingerprint density at radius 3 is 2.47 bits per heavy atom. The van der Waals surface area contributed by atoms with Crippen LogP contribution in [-0.4, -0.2) is 14.2 Å². The van der Waals surface area contributed by atoms with Crippen molar-refractivity contribution in [1.82, 2.24) is 0 Å². The summed E-state index contributed by atoms with van der Waals surface area (Å²) in [7, 11) is -3.21. The zero-order valence-corrected chi connectivity index (χ0v) is 11.8. The minimum absolute atomic E-state index is 0.166. The molecular weight excluding hydrogens is 234 g/mol. The fourth-order valence-corrected chi connectivity index (χ4v) is 3.02. The lowest BCUT2D eigenvalue weighted by Crippen LogP contribution is -2.18. The number of sulfonamides is 1. The molecule has 1 rings (SSSR count). The van der Waals surface area contributed by atoms with Gasteiger partial charge >= 0.3 is 0 Å². The van der Waals surface area contributed by atoms with Gasteiger partial charge in [-0.05, 0) is 30.4 Å². The molecular formula is C13H21NO2S. The van der Waals surface area contributed by atoms with Crippen LogP contribution in [0, 0.1) is 6.92 Å². The third-order valence-electron chi connectivity index (χ3n) is 2.66. The molecule has 1 N–H and O–H groups in total. The van der Waals surface area contributed by atoms with Gasteiger partial charge < -0.3 is 0 Å². The Labute approximate surface area is 104 Å². The van der Waals surface area contributed by atoms with Gasteiger partial charge in [0, 0.05) is 0 Å². The van der Waals surface area contributed by atoms with Crippen LogP contribution >= 0.6 is 0 Å². The molecule has 0 saturated carbocycles. The van der Waals surface area contributed by atoms with Gasteiger partial charge in [-0.2, -0.15) is 0 Å². The van der Waals surface area contributed by atoms with Crippen molar-refractivity contribution in [1.29, 1.82) is 0 Å². The Bertz CT molecular complexity index is 478. The second-order valence-corrected chi connectivity index (χ2v) is 6.46. The monoisotopic (exact) mass is 255 g/mol. The number of anilines is 1. The van der Waals surface area contributed by atoms with Gasteiger partial charge in [0.2, 0.25) is 10.0 Å². The molecule has 17 heavy (non-hydrogen) atoms. The Balaban J connectivity index is 3.13. The third-order valence-corrected chi connectivity index (χ3v) is 4.12. The third kappa shape index (κ3) is 3.73. The topological polar surface area (TPSA) is 46.2 Å². The van der Waals surface area contributed by atoms with Gasteiger partial charge in [-0.3, -0.25) is 4.72 Å². The fourth-order valence-electron chi connectivity index (χ4n) is 1.79. The van der Waals surface area contributed by atoms with E-state index in [0.29, 0.717) is 12.3 Å². The number of rotatable bonds is 5. The predicted octanol–water partition coefficient (Wildman–Crippen LogP) is 3.27. The van der Waals surface area contributed by atoms with Gasteiger partial charge in [-0.15, -0.1) is 0 Å². The summed E-state index contributed by atoms with van der Waals surface area (Å²) in [5.74, 6) is 0.466. The molecule has 0 aliphatic heterocycles. The standard InChI is InChI=1S/C13H21NO2S/c1-5-9-17(15,16)14-13-11(4)7-6-8-12(13)10(2)3/h6-8,10,14H,5,9H2,1-4H3. The molecule has 1 aromatic rings. The van der Waals surface area contributed by atoms with Gasteiger partial charge in [0.1, 0.15) is 0 Å². The molecule has 0 aliphatic carbocycles. The van der Waals surface area contributed by atoms with E-state index in [1.165, 1.54) is 0 Å². The molecule has 1 aromatic carbocycles. The molecule has 4 heteroatoms. The number of aryl methyl sites for hydroxylation is 1. The quantitative estimate of drug-likeness (QED) is 0.877. The SMILES string of the molecule is CCCS(=O)(=O)Nc1c(C)cccc1C(C)C. The molecule has 0 atom stereocenters. The Morgan fingerprint density at radius 2 is 1.94 bits per heavy atom. The van der Waals surface area contributed by atoms with Gasteiger partial charge in [0.15, 0.2) is 0 Å². The minimum atomic E-state index is -3.21. The molecule has 0 fully saturated rings. The summed E-state index contributed by atoms with van der Waals surface area (Å²) >= 11 is 0. The van der Waals surface area contributed by atoms with Crippen molar-refractivity contribution < 1.29 is 8.42 Å². The Hall–Kier alpha value is -1.03. The first-order valence-electron chi connectivity index (χ1n) is 5.97. The molecule has 0 amide bonds. The number of nitrogens with one attached hydrogen (secondary N) is 1. The van der Waals surface area contributed by atoms with Crippen molar-refractivity contribution >= 4 is 15.7 Å². The minimum Gasteiger partial charge on any atom is -0.283 e. The summed E-state index contributed by atoms with van der Waals surface area (Å²) < 4.78 is 26.3. The Morgan fingerprint density at radius 1 is 1.29 bits per heavy atom. The highest BCUT2D eigenvalue weighted by Crippen LogP contribution is 2.28. The van der Waals surface area contributed by atoms with E-state index in [4.69, 9.17) is 0 Å². The van der Waals surface area contributed by atoms with Gasteiger partial charge in [0.05, 0.1) is 11.4 Å². The highest BCUT2D eigenvalue weighted by atomic mass is 32.2. The highest BCUT2D eigenvalue weighted by molar-refractivity contribution is 7.92. The van der Waals surface area contributed by atoms with Crippen LogP contribution in [0.2, 0.25) is 0 Å². The molecule has 0 bridgehead atoms. The largest absolute Gasteiger partial charge is 0.283 e.